The number of pyridine rings is 1. The summed E-state index contributed by atoms with van der Waals surface area (Å²) in [5, 5.41) is 0. The van der Waals surface area contributed by atoms with E-state index in [2.05, 4.69) is 9.71 Å². The average Bonchev–Trinajstić information content (AvgIpc) is 2.39. The zero-order valence-corrected chi connectivity index (χ0v) is 13.2. The summed E-state index contributed by atoms with van der Waals surface area (Å²) in [5.41, 5.74) is 8.67. The Labute approximate surface area is 131 Å². The van der Waals surface area contributed by atoms with E-state index in [0.717, 1.165) is 23.8 Å². The highest BCUT2D eigenvalue weighted by atomic mass is 35.5. The van der Waals surface area contributed by atoms with Crippen LogP contribution < -0.4 is 10.5 Å². The maximum absolute atomic E-state index is 11.1. The molecular formula is C14H18ClN3O2S. The maximum Gasteiger partial charge on any atom is 0.230 e. The number of benzene rings is 1. The van der Waals surface area contributed by atoms with E-state index in [9.17, 15) is 8.42 Å². The Morgan fingerprint density at radius 3 is 2.19 bits per heavy atom. The molecule has 5 nitrogen and oxygen atoms in total. The lowest BCUT2D eigenvalue weighted by Crippen LogP contribution is -2.10. The van der Waals surface area contributed by atoms with E-state index in [1.807, 2.05) is 30.3 Å². The van der Waals surface area contributed by atoms with Crippen LogP contribution >= 0.6 is 12.4 Å². The summed E-state index contributed by atoms with van der Waals surface area (Å²) in [6, 6.07) is 11.6. The lowest BCUT2D eigenvalue weighted by Gasteiger charge is -2.06. The molecule has 0 atom stereocenters. The molecule has 0 saturated carbocycles. The summed E-state index contributed by atoms with van der Waals surface area (Å²) in [4.78, 5) is 4.09. The Morgan fingerprint density at radius 2 is 1.71 bits per heavy atom. The molecule has 0 radical (unpaired) electrons. The quantitative estimate of drug-likeness (QED) is 0.880. The molecular weight excluding hydrogens is 310 g/mol. The molecule has 0 saturated heterocycles. The Bertz CT molecular complexity index is 670. The van der Waals surface area contributed by atoms with Crippen LogP contribution in [-0.4, -0.2) is 26.2 Å². The first-order valence-electron chi connectivity index (χ1n) is 6.21. The van der Waals surface area contributed by atoms with Gasteiger partial charge in [-0.3, -0.25) is 4.72 Å². The molecule has 0 aliphatic carbocycles. The van der Waals surface area contributed by atoms with Crippen molar-refractivity contribution in [1.82, 2.24) is 4.98 Å². The maximum atomic E-state index is 11.1. The van der Waals surface area contributed by atoms with Gasteiger partial charge in [0.2, 0.25) is 10.0 Å². The summed E-state index contributed by atoms with van der Waals surface area (Å²) in [6.07, 6.45) is 3.60. The van der Waals surface area contributed by atoms with Crippen LogP contribution in [0, 0.1) is 0 Å². The molecule has 0 fully saturated rings. The highest BCUT2D eigenvalue weighted by Crippen LogP contribution is 2.20. The third kappa shape index (κ3) is 5.34. The van der Waals surface area contributed by atoms with E-state index in [1.54, 1.807) is 12.3 Å². The normalized spacial score (nSPS) is 10.8. The van der Waals surface area contributed by atoms with Crippen molar-refractivity contribution in [2.24, 2.45) is 5.73 Å². The van der Waals surface area contributed by atoms with E-state index >= 15 is 0 Å². The van der Waals surface area contributed by atoms with Gasteiger partial charge in [0.1, 0.15) is 5.82 Å². The molecule has 0 aliphatic heterocycles. The first-order chi connectivity index (χ1) is 9.48. The second-order valence-electron chi connectivity index (χ2n) is 4.54. The molecule has 0 unspecified atom stereocenters. The monoisotopic (exact) mass is 327 g/mol. The molecule has 1 heterocycles. The summed E-state index contributed by atoms with van der Waals surface area (Å²) >= 11 is 0. The van der Waals surface area contributed by atoms with Crippen molar-refractivity contribution in [2.75, 3.05) is 17.5 Å². The van der Waals surface area contributed by atoms with Crippen molar-refractivity contribution in [2.45, 2.75) is 6.42 Å². The topological polar surface area (TPSA) is 85.1 Å². The third-order valence-corrected chi connectivity index (χ3v) is 3.35. The molecule has 2 rings (SSSR count). The van der Waals surface area contributed by atoms with Gasteiger partial charge in [-0.2, -0.15) is 0 Å². The summed E-state index contributed by atoms with van der Waals surface area (Å²) < 4.78 is 24.5. The minimum Gasteiger partial charge on any atom is -0.330 e. The predicted molar refractivity (Wildman–Crippen MR) is 88.1 cm³/mol. The Hall–Kier alpha value is -1.63. The second kappa shape index (κ2) is 7.40. The molecule has 1 aromatic heterocycles. The summed E-state index contributed by atoms with van der Waals surface area (Å²) in [6.45, 7) is 0.632. The van der Waals surface area contributed by atoms with E-state index in [-0.39, 0.29) is 12.4 Å². The first-order valence-corrected chi connectivity index (χ1v) is 8.10. The molecule has 3 N–H and O–H groups in total. The van der Waals surface area contributed by atoms with Crippen LogP contribution in [0.15, 0.2) is 42.6 Å². The fourth-order valence-corrected chi connectivity index (χ4v) is 2.35. The number of hydrogen-bond donors (Lipinski definition) is 2. The fraction of sp³-hybridized carbons (Fsp3) is 0.214. The van der Waals surface area contributed by atoms with Crippen LogP contribution in [0.25, 0.3) is 11.1 Å². The van der Waals surface area contributed by atoms with Crippen LogP contribution in [0.1, 0.15) is 5.56 Å². The predicted octanol–water partition coefficient (Wildman–Crippen LogP) is 2.04. The van der Waals surface area contributed by atoms with Crippen molar-refractivity contribution in [1.29, 1.82) is 0 Å². The van der Waals surface area contributed by atoms with Crippen molar-refractivity contribution in [3.63, 3.8) is 0 Å². The van der Waals surface area contributed by atoms with Crippen molar-refractivity contribution >= 4 is 28.2 Å². The Morgan fingerprint density at radius 1 is 1.10 bits per heavy atom. The number of halogens is 1. The number of rotatable bonds is 5. The van der Waals surface area contributed by atoms with Gasteiger partial charge >= 0.3 is 0 Å². The number of aromatic nitrogens is 1. The van der Waals surface area contributed by atoms with Crippen LogP contribution in [0.3, 0.4) is 0 Å². The van der Waals surface area contributed by atoms with Gasteiger partial charge in [-0.15, -0.1) is 12.4 Å². The van der Waals surface area contributed by atoms with Crippen LogP contribution in [-0.2, 0) is 16.4 Å². The van der Waals surface area contributed by atoms with Gasteiger partial charge in [-0.25, -0.2) is 13.4 Å². The zero-order chi connectivity index (χ0) is 14.6. The molecule has 1 aromatic carbocycles. The van der Waals surface area contributed by atoms with E-state index < -0.39 is 10.0 Å². The number of anilines is 1. The van der Waals surface area contributed by atoms with Gasteiger partial charge in [-0.05, 0) is 36.2 Å². The van der Waals surface area contributed by atoms with Crippen LogP contribution in [0.5, 0.6) is 0 Å². The summed E-state index contributed by atoms with van der Waals surface area (Å²) in [7, 11) is -3.29. The number of nitrogens with one attached hydrogen (secondary N) is 1. The van der Waals surface area contributed by atoms with E-state index in [0.29, 0.717) is 12.4 Å². The van der Waals surface area contributed by atoms with Crippen molar-refractivity contribution in [3.8, 4) is 11.1 Å². The first kappa shape index (κ1) is 17.4. The average molecular weight is 328 g/mol. The lowest BCUT2D eigenvalue weighted by molar-refractivity contribution is 0.606. The van der Waals surface area contributed by atoms with Gasteiger partial charge in [0, 0.05) is 11.8 Å². The van der Waals surface area contributed by atoms with Gasteiger partial charge in [0.05, 0.1) is 6.26 Å². The van der Waals surface area contributed by atoms with Gasteiger partial charge in [0.25, 0.3) is 0 Å². The minimum atomic E-state index is -3.29. The standard InChI is InChI=1S/C14H17N3O2S.ClH/c1-20(18,19)17-14-7-6-13(10-16-14)12-4-2-11(3-5-12)8-9-15;/h2-7,10H,8-9,15H2,1H3,(H,16,17);1H. The lowest BCUT2D eigenvalue weighted by atomic mass is 10.0. The molecule has 7 heteroatoms. The van der Waals surface area contributed by atoms with Crippen LogP contribution in [0.2, 0.25) is 0 Å². The third-order valence-electron chi connectivity index (χ3n) is 2.77. The largest absolute Gasteiger partial charge is 0.330 e. The molecule has 0 spiro atoms. The second-order valence-corrected chi connectivity index (χ2v) is 6.29. The smallest absolute Gasteiger partial charge is 0.230 e. The van der Waals surface area contributed by atoms with Crippen molar-refractivity contribution < 1.29 is 8.42 Å². The number of sulfonamides is 1. The summed E-state index contributed by atoms with van der Waals surface area (Å²) in [5.74, 6) is 0.316. The highest BCUT2D eigenvalue weighted by Gasteiger charge is 2.04. The number of nitrogens with zero attached hydrogens (tertiary/aromatic N) is 1. The number of hydrogen-bond acceptors (Lipinski definition) is 4. The van der Waals surface area contributed by atoms with Gasteiger partial charge in [-0.1, -0.05) is 24.3 Å². The SMILES string of the molecule is CS(=O)(=O)Nc1ccc(-c2ccc(CCN)cc2)cn1.Cl. The van der Waals surface area contributed by atoms with Gasteiger partial charge < -0.3 is 5.73 Å². The zero-order valence-electron chi connectivity index (χ0n) is 11.6. The van der Waals surface area contributed by atoms with Crippen molar-refractivity contribution in [3.05, 3.63) is 48.2 Å². The molecule has 0 amide bonds. The molecule has 114 valence electrons. The fourth-order valence-electron chi connectivity index (χ4n) is 1.85. The Balaban J connectivity index is 0.00000220. The minimum absolute atomic E-state index is 0. The van der Waals surface area contributed by atoms with E-state index in [4.69, 9.17) is 5.73 Å². The molecule has 21 heavy (non-hydrogen) atoms. The Kier molecular flexibility index (Phi) is 6.14. The molecule has 2 aromatic rings. The molecule has 0 bridgehead atoms. The van der Waals surface area contributed by atoms with Gasteiger partial charge in [0.15, 0.2) is 0 Å². The highest BCUT2D eigenvalue weighted by molar-refractivity contribution is 7.92. The molecule has 0 aliphatic rings. The number of nitrogens with two attached hydrogens (primary N) is 1. The van der Waals surface area contributed by atoms with E-state index in [1.165, 1.54) is 5.56 Å². The van der Waals surface area contributed by atoms with Crippen LogP contribution in [0.4, 0.5) is 5.82 Å².